The molecule has 1 fully saturated rings. The van der Waals surface area contributed by atoms with Crippen molar-refractivity contribution < 1.29 is 19.1 Å². The van der Waals surface area contributed by atoms with Crippen molar-refractivity contribution in [3.8, 4) is 0 Å². The van der Waals surface area contributed by atoms with Crippen LogP contribution in [0.25, 0.3) is 0 Å². The third-order valence-corrected chi connectivity index (χ3v) is 2.11. The van der Waals surface area contributed by atoms with E-state index in [9.17, 15) is 9.59 Å². The van der Waals surface area contributed by atoms with Crippen LogP contribution in [0, 0.1) is 5.92 Å². The van der Waals surface area contributed by atoms with E-state index in [-0.39, 0.29) is 31.0 Å². The second-order valence-electron chi connectivity index (χ2n) is 3.27. The quantitative estimate of drug-likeness (QED) is 0.479. The molecule has 1 rings (SSSR count). The van der Waals surface area contributed by atoms with Gasteiger partial charge in [0.1, 0.15) is 6.61 Å². The van der Waals surface area contributed by atoms with Crippen LogP contribution in [0.2, 0.25) is 0 Å². The molecule has 1 heterocycles. The molecule has 7 nitrogen and oxygen atoms in total. The largest absolute Gasteiger partial charge is 0.448 e. The fraction of sp³-hybridized carbons (Fsp3) is 0.750. The third-order valence-electron chi connectivity index (χ3n) is 2.11. The average Bonchev–Trinajstić information content (AvgIpc) is 2.58. The highest BCUT2D eigenvalue weighted by Crippen LogP contribution is 2.10. The van der Waals surface area contributed by atoms with Crippen LogP contribution in [-0.4, -0.2) is 44.4 Å². The number of nitrogens with two attached hydrogens (primary N) is 2. The van der Waals surface area contributed by atoms with Crippen LogP contribution in [0.4, 0.5) is 4.79 Å². The van der Waals surface area contributed by atoms with Crippen LogP contribution in [0.1, 0.15) is 0 Å². The molecule has 0 aromatic rings. The molecule has 0 saturated carbocycles. The summed E-state index contributed by atoms with van der Waals surface area (Å²) in [6, 6.07) is -0.262. The Bertz CT molecular complexity index is 246. The van der Waals surface area contributed by atoms with Gasteiger partial charge in [0.05, 0.1) is 25.7 Å². The van der Waals surface area contributed by atoms with Crippen molar-refractivity contribution >= 4 is 12.0 Å². The SMILES string of the molecule is NC(=O)OCCNC(=O)C1COCC1N. The van der Waals surface area contributed by atoms with Crippen molar-refractivity contribution in [2.24, 2.45) is 17.4 Å². The van der Waals surface area contributed by atoms with Crippen LogP contribution in [0.5, 0.6) is 0 Å². The van der Waals surface area contributed by atoms with Gasteiger partial charge in [0, 0.05) is 6.04 Å². The fourth-order valence-corrected chi connectivity index (χ4v) is 1.30. The molecule has 0 radical (unpaired) electrons. The van der Waals surface area contributed by atoms with E-state index in [0.717, 1.165) is 0 Å². The molecule has 86 valence electrons. The van der Waals surface area contributed by atoms with E-state index in [1.165, 1.54) is 0 Å². The Morgan fingerprint density at radius 2 is 2.20 bits per heavy atom. The number of hydrogen-bond acceptors (Lipinski definition) is 5. The van der Waals surface area contributed by atoms with Crippen LogP contribution in [0.15, 0.2) is 0 Å². The van der Waals surface area contributed by atoms with Crippen LogP contribution in [-0.2, 0) is 14.3 Å². The Morgan fingerprint density at radius 1 is 1.47 bits per heavy atom. The Hall–Kier alpha value is -1.34. The Morgan fingerprint density at radius 3 is 2.73 bits per heavy atom. The second kappa shape index (κ2) is 5.52. The van der Waals surface area contributed by atoms with E-state index in [1.807, 2.05) is 0 Å². The molecule has 5 N–H and O–H groups in total. The molecule has 1 aliphatic rings. The minimum Gasteiger partial charge on any atom is -0.448 e. The fourth-order valence-electron chi connectivity index (χ4n) is 1.30. The maximum Gasteiger partial charge on any atom is 0.404 e. The molecule has 0 aliphatic carbocycles. The highest BCUT2D eigenvalue weighted by atomic mass is 16.5. The number of hydrogen-bond donors (Lipinski definition) is 3. The summed E-state index contributed by atoms with van der Waals surface area (Å²) in [5.41, 5.74) is 10.4. The number of ether oxygens (including phenoxy) is 2. The first-order chi connectivity index (χ1) is 7.11. The monoisotopic (exact) mass is 217 g/mol. The van der Waals surface area contributed by atoms with Crippen molar-refractivity contribution in [3.05, 3.63) is 0 Å². The Labute approximate surface area is 87.1 Å². The van der Waals surface area contributed by atoms with Gasteiger partial charge in [-0.1, -0.05) is 0 Å². The summed E-state index contributed by atoms with van der Waals surface area (Å²) in [5.74, 6) is -0.508. The molecule has 1 aliphatic heterocycles. The predicted octanol–water partition coefficient (Wildman–Crippen LogP) is -1.83. The molecule has 15 heavy (non-hydrogen) atoms. The summed E-state index contributed by atoms with van der Waals surface area (Å²) in [7, 11) is 0. The molecule has 0 aromatic heterocycles. The summed E-state index contributed by atoms with van der Waals surface area (Å²) >= 11 is 0. The Kier molecular flexibility index (Phi) is 4.32. The lowest BCUT2D eigenvalue weighted by molar-refractivity contribution is -0.125. The first kappa shape index (κ1) is 11.7. The molecule has 0 aromatic carbocycles. The van der Waals surface area contributed by atoms with E-state index in [2.05, 4.69) is 10.1 Å². The molecule has 2 amide bonds. The van der Waals surface area contributed by atoms with E-state index in [1.54, 1.807) is 0 Å². The lowest BCUT2D eigenvalue weighted by Crippen LogP contribution is -2.42. The number of primary amides is 1. The number of carbonyl (C=O) groups excluding carboxylic acids is 2. The van der Waals surface area contributed by atoms with Gasteiger partial charge >= 0.3 is 6.09 Å². The standard InChI is InChI=1S/C8H15N3O4/c9-6-4-14-3-5(6)7(12)11-1-2-15-8(10)13/h5-6H,1-4,9H2,(H2,10,13)(H,11,12). The zero-order valence-corrected chi connectivity index (χ0v) is 8.27. The van der Waals surface area contributed by atoms with Crippen molar-refractivity contribution in [2.45, 2.75) is 6.04 Å². The molecule has 0 bridgehead atoms. The molecule has 0 spiro atoms. The van der Waals surface area contributed by atoms with Gasteiger partial charge < -0.3 is 26.3 Å². The van der Waals surface area contributed by atoms with E-state index in [0.29, 0.717) is 13.2 Å². The van der Waals surface area contributed by atoms with Crippen LogP contribution in [0.3, 0.4) is 0 Å². The molecule has 2 atom stereocenters. The smallest absolute Gasteiger partial charge is 0.404 e. The summed E-state index contributed by atoms with van der Waals surface area (Å²) in [6.07, 6.45) is -0.856. The molecule has 7 heteroatoms. The van der Waals surface area contributed by atoms with Gasteiger partial charge in [0.2, 0.25) is 5.91 Å². The van der Waals surface area contributed by atoms with Gasteiger partial charge in [-0.2, -0.15) is 0 Å². The average molecular weight is 217 g/mol. The minimum absolute atomic E-state index is 0.0594. The van der Waals surface area contributed by atoms with Crippen molar-refractivity contribution in [2.75, 3.05) is 26.4 Å². The second-order valence-corrected chi connectivity index (χ2v) is 3.27. The maximum absolute atomic E-state index is 11.5. The molecule has 2 unspecified atom stereocenters. The summed E-state index contributed by atoms with van der Waals surface area (Å²) < 4.78 is 9.49. The van der Waals surface area contributed by atoms with E-state index in [4.69, 9.17) is 16.2 Å². The van der Waals surface area contributed by atoms with E-state index < -0.39 is 6.09 Å². The Balaban J connectivity index is 2.15. The van der Waals surface area contributed by atoms with Crippen LogP contribution >= 0.6 is 0 Å². The minimum atomic E-state index is -0.856. The number of carbonyl (C=O) groups is 2. The molecular formula is C8H15N3O4. The van der Waals surface area contributed by atoms with Crippen molar-refractivity contribution in [3.63, 3.8) is 0 Å². The summed E-state index contributed by atoms with van der Waals surface area (Å²) in [4.78, 5) is 21.7. The highest BCUT2D eigenvalue weighted by molar-refractivity contribution is 5.79. The van der Waals surface area contributed by atoms with Gasteiger partial charge in [-0.05, 0) is 0 Å². The zero-order valence-electron chi connectivity index (χ0n) is 8.27. The number of nitrogens with one attached hydrogen (secondary N) is 1. The topological polar surface area (TPSA) is 117 Å². The van der Waals surface area contributed by atoms with Gasteiger partial charge in [0.25, 0.3) is 0 Å². The highest BCUT2D eigenvalue weighted by Gasteiger charge is 2.30. The zero-order chi connectivity index (χ0) is 11.3. The van der Waals surface area contributed by atoms with Crippen LogP contribution < -0.4 is 16.8 Å². The molecule has 1 saturated heterocycles. The van der Waals surface area contributed by atoms with Gasteiger partial charge in [-0.25, -0.2) is 4.79 Å². The number of amides is 2. The molecular weight excluding hydrogens is 202 g/mol. The normalized spacial score (nSPS) is 24.9. The van der Waals surface area contributed by atoms with Gasteiger partial charge in [-0.15, -0.1) is 0 Å². The lowest BCUT2D eigenvalue weighted by Gasteiger charge is -2.12. The number of rotatable bonds is 4. The maximum atomic E-state index is 11.5. The third kappa shape index (κ3) is 3.72. The summed E-state index contributed by atoms with van der Waals surface area (Å²) in [5, 5.41) is 2.58. The first-order valence-corrected chi connectivity index (χ1v) is 4.64. The first-order valence-electron chi connectivity index (χ1n) is 4.64. The van der Waals surface area contributed by atoms with Crippen molar-refractivity contribution in [1.29, 1.82) is 0 Å². The summed E-state index contributed by atoms with van der Waals surface area (Å²) in [6.45, 7) is 1.02. The predicted molar refractivity (Wildman–Crippen MR) is 50.8 cm³/mol. The van der Waals surface area contributed by atoms with Gasteiger partial charge in [-0.3, -0.25) is 4.79 Å². The van der Waals surface area contributed by atoms with E-state index >= 15 is 0 Å². The van der Waals surface area contributed by atoms with Crippen molar-refractivity contribution in [1.82, 2.24) is 5.32 Å². The lowest BCUT2D eigenvalue weighted by atomic mass is 10.0. The van der Waals surface area contributed by atoms with Gasteiger partial charge in [0.15, 0.2) is 0 Å².